The van der Waals surface area contributed by atoms with E-state index in [0.717, 1.165) is 22.7 Å². The molecule has 0 spiro atoms. The molecule has 0 saturated heterocycles. The maximum Gasteiger partial charge on any atom is 0.0850 e. The van der Waals surface area contributed by atoms with E-state index in [1.807, 2.05) is 24.5 Å². The standard InChI is InChI=1S/C17H16ClN3/c18-16-7-5-14(6-8-16)17(9-19)13-3-1-12(2-4-13)15-10-20-21-11-15/h1-8,10-11,17H,9,19H2,(H,20,21)/p+1/t17-/m0/s1. The zero-order chi connectivity index (χ0) is 14.7. The molecule has 106 valence electrons. The van der Waals surface area contributed by atoms with Crippen LogP contribution in [0.3, 0.4) is 0 Å². The van der Waals surface area contributed by atoms with Gasteiger partial charge in [0.15, 0.2) is 0 Å². The maximum atomic E-state index is 5.96. The van der Waals surface area contributed by atoms with Crippen LogP contribution in [0, 0.1) is 0 Å². The molecule has 1 atom stereocenters. The molecule has 0 aliphatic rings. The third-order valence-corrected chi connectivity index (χ3v) is 3.96. The predicted molar refractivity (Wildman–Crippen MR) is 85.1 cm³/mol. The lowest BCUT2D eigenvalue weighted by atomic mass is 9.90. The molecule has 0 saturated carbocycles. The third kappa shape index (κ3) is 2.99. The van der Waals surface area contributed by atoms with Gasteiger partial charge in [0.2, 0.25) is 0 Å². The van der Waals surface area contributed by atoms with Gasteiger partial charge in [-0.25, -0.2) is 0 Å². The molecule has 4 heteroatoms. The van der Waals surface area contributed by atoms with E-state index in [9.17, 15) is 0 Å². The van der Waals surface area contributed by atoms with Crippen molar-refractivity contribution in [3.05, 3.63) is 77.1 Å². The average Bonchev–Trinajstić information content (AvgIpc) is 3.05. The van der Waals surface area contributed by atoms with E-state index in [1.54, 1.807) is 0 Å². The van der Waals surface area contributed by atoms with Crippen molar-refractivity contribution in [2.75, 3.05) is 6.54 Å². The quantitative estimate of drug-likeness (QED) is 0.764. The van der Waals surface area contributed by atoms with Crippen LogP contribution in [0.25, 0.3) is 11.1 Å². The molecular formula is C17H17ClN3+. The normalized spacial score (nSPS) is 12.3. The van der Waals surface area contributed by atoms with Gasteiger partial charge in [-0.1, -0.05) is 48.0 Å². The molecule has 0 bridgehead atoms. The monoisotopic (exact) mass is 298 g/mol. The molecule has 0 fully saturated rings. The molecule has 0 unspecified atom stereocenters. The fourth-order valence-electron chi connectivity index (χ4n) is 2.54. The first-order chi connectivity index (χ1) is 10.3. The van der Waals surface area contributed by atoms with Crippen molar-refractivity contribution in [3.8, 4) is 11.1 Å². The molecule has 2 aromatic carbocycles. The Bertz CT molecular complexity index is 688. The van der Waals surface area contributed by atoms with E-state index in [4.69, 9.17) is 11.6 Å². The van der Waals surface area contributed by atoms with E-state index in [1.165, 1.54) is 11.1 Å². The molecule has 0 aliphatic carbocycles. The lowest BCUT2D eigenvalue weighted by molar-refractivity contribution is -0.370. The molecule has 0 amide bonds. The largest absolute Gasteiger partial charge is 0.357 e. The van der Waals surface area contributed by atoms with Gasteiger partial charge in [0.05, 0.1) is 18.7 Å². The number of aromatic amines is 1. The lowest BCUT2D eigenvalue weighted by Gasteiger charge is -2.14. The van der Waals surface area contributed by atoms with Crippen molar-refractivity contribution >= 4 is 11.6 Å². The Hall–Kier alpha value is -2.10. The van der Waals surface area contributed by atoms with Crippen molar-refractivity contribution in [3.63, 3.8) is 0 Å². The minimum absolute atomic E-state index is 0.292. The number of nitrogens with zero attached hydrogens (tertiary/aromatic N) is 1. The summed E-state index contributed by atoms with van der Waals surface area (Å²) in [6.45, 7) is 0.812. The molecule has 3 nitrogen and oxygen atoms in total. The summed E-state index contributed by atoms with van der Waals surface area (Å²) in [6, 6.07) is 16.6. The van der Waals surface area contributed by atoms with E-state index in [2.05, 4.69) is 52.3 Å². The minimum atomic E-state index is 0.292. The summed E-state index contributed by atoms with van der Waals surface area (Å²) in [6.07, 6.45) is 3.72. The van der Waals surface area contributed by atoms with Crippen LogP contribution in [-0.2, 0) is 0 Å². The number of hydrogen-bond acceptors (Lipinski definition) is 1. The second kappa shape index (κ2) is 6.12. The van der Waals surface area contributed by atoms with Gasteiger partial charge in [0.1, 0.15) is 0 Å². The lowest BCUT2D eigenvalue weighted by Crippen LogP contribution is -2.53. The van der Waals surface area contributed by atoms with Gasteiger partial charge in [0.25, 0.3) is 0 Å². The van der Waals surface area contributed by atoms with Gasteiger partial charge in [0, 0.05) is 16.8 Å². The summed E-state index contributed by atoms with van der Waals surface area (Å²) in [5, 5.41) is 7.58. The molecular weight excluding hydrogens is 282 g/mol. The van der Waals surface area contributed by atoms with E-state index >= 15 is 0 Å². The topological polar surface area (TPSA) is 56.3 Å². The van der Waals surface area contributed by atoms with Gasteiger partial charge in [-0.05, 0) is 28.8 Å². The maximum absolute atomic E-state index is 5.96. The number of H-pyrrole nitrogens is 1. The summed E-state index contributed by atoms with van der Waals surface area (Å²) < 4.78 is 0. The van der Waals surface area contributed by atoms with Crippen LogP contribution in [-0.4, -0.2) is 16.7 Å². The molecule has 1 heterocycles. The zero-order valence-electron chi connectivity index (χ0n) is 11.6. The van der Waals surface area contributed by atoms with E-state index < -0.39 is 0 Å². The Morgan fingerprint density at radius 1 is 0.952 bits per heavy atom. The molecule has 3 rings (SSSR count). The van der Waals surface area contributed by atoms with Crippen LogP contribution in [0.15, 0.2) is 60.9 Å². The first-order valence-corrected chi connectivity index (χ1v) is 7.29. The SMILES string of the molecule is [NH3+]C[C@H](c1ccc(Cl)cc1)c1ccc(-c2cn[nH]c2)cc1. The summed E-state index contributed by atoms with van der Waals surface area (Å²) in [4.78, 5) is 0. The third-order valence-electron chi connectivity index (χ3n) is 3.71. The van der Waals surface area contributed by atoms with Crippen LogP contribution >= 0.6 is 11.6 Å². The van der Waals surface area contributed by atoms with Crippen LogP contribution in [0.4, 0.5) is 0 Å². The Kier molecular flexibility index (Phi) is 4.04. The molecule has 4 N–H and O–H groups in total. The first kappa shape index (κ1) is 13.9. The van der Waals surface area contributed by atoms with Crippen molar-refractivity contribution < 1.29 is 5.73 Å². The summed E-state index contributed by atoms with van der Waals surface area (Å²) >= 11 is 5.96. The average molecular weight is 299 g/mol. The van der Waals surface area contributed by atoms with Gasteiger partial charge >= 0.3 is 0 Å². The van der Waals surface area contributed by atoms with Crippen LogP contribution in [0.1, 0.15) is 17.0 Å². The van der Waals surface area contributed by atoms with Gasteiger partial charge < -0.3 is 5.73 Å². The molecule has 3 aromatic rings. The highest BCUT2D eigenvalue weighted by atomic mass is 35.5. The van der Waals surface area contributed by atoms with Crippen molar-refractivity contribution in [2.24, 2.45) is 0 Å². The second-order valence-electron chi connectivity index (χ2n) is 5.00. The highest BCUT2D eigenvalue weighted by Gasteiger charge is 2.14. The number of halogens is 1. The first-order valence-electron chi connectivity index (χ1n) is 6.92. The number of rotatable bonds is 4. The van der Waals surface area contributed by atoms with Crippen LogP contribution < -0.4 is 5.73 Å². The number of aromatic nitrogens is 2. The van der Waals surface area contributed by atoms with E-state index in [0.29, 0.717) is 5.92 Å². The predicted octanol–water partition coefficient (Wildman–Crippen LogP) is 3.10. The van der Waals surface area contributed by atoms with E-state index in [-0.39, 0.29) is 0 Å². The Morgan fingerprint density at radius 3 is 2.10 bits per heavy atom. The number of benzene rings is 2. The van der Waals surface area contributed by atoms with Gasteiger partial charge in [-0.3, -0.25) is 5.10 Å². The summed E-state index contributed by atoms with van der Waals surface area (Å²) in [7, 11) is 0. The minimum Gasteiger partial charge on any atom is -0.357 e. The fraction of sp³-hybridized carbons (Fsp3) is 0.118. The zero-order valence-corrected chi connectivity index (χ0v) is 12.3. The fourth-order valence-corrected chi connectivity index (χ4v) is 2.66. The molecule has 21 heavy (non-hydrogen) atoms. The van der Waals surface area contributed by atoms with Crippen molar-refractivity contribution in [2.45, 2.75) is 5.92 Å². The highest BCUT2D eigenvalue weighted by molar-refractivity contribution is 6.30. The Balaban J connectivity index is 1.89. The smallest absolute Gasteiger partial charge is 0.0850 e. The second-order valence-corrected chi connectivity index (χ2v) is 5.44. The molecule has 0 aliphatic heterocycles. The summed E-state index contributed by atoms with van der Waals surface area (Å²) in [5.41, 5.74) is 8.85. The number of nitrogens with one attached hydrogen (secondary N) is 1. The number of quaternary nitrogens is 1. The van der Waals surface area contributed by atoms with Crippen molar-refractivity contribution in [1.29, 1.82) is 0 Å². The Labute approximate surface area is 128 Å². The highest BCUT2D eigenvalue weighted by Crippen LogP contribution is 2.27. The van der Waals surface area contributed by atoms with Crippen molar-refractivity contribution in [1.82, 2.24) is 10.2 Å². The van der Waals surface area contributed by atoms with Crippen LogP contribution in [0.2, 0.25) is 5.02 Å². The molecule has 1 aromatic heterocycles. The Morgan fingerprint density at radius 2 is 1.57 bits per heavy atom. The number of hydrogen-bond donors (Lipinski definition) is 2. The molecule has 0 radical (unpaired) electrons. The van der Waals surface area contributed by atoms with Crippen LogP contribution in [0.5, 0.6) is 0 Å². The van der Waals surface area contributed by atoms with Gasteiger partial charge in [-0.2, -0.15) is 5.10 Å². The van der Waals surface area contributed by atoms with Gasteiger partial charge in [-0.15, -0.1) is 0 Å². The summed E-state index contributed by atoms with van der Waals surface area (Å²) in [5.74, 6) is 0.292.